The molecule has 1 heterocycles. The fraction of sp³-hybridized carbons (Fsp3) is 0.222. The Morgan fingerprint density at radius 1 is 1.17 bits per heavy atom. The summed E-state index contributed by atoms with van der Waals surface area (Å²) in [6, 6.07) is 9.74. The van der Waals surface area contributed by atoms with Crippen molar-refractivity contribution >= 4 is 35.0 Å². The SMILES string of the molecule is COC(=O)c1sccc1NC(=O)C=Cc1ccc(C(C)C)cc1. The van der Waals surface area contributed by atoms with Gasteiger partial charge in [-0.2, -0.15) is 0 Å². The van der Waals surface area contributed by atoms with E-state index in [0.717, 1.165) is 5.56 Å². The van der Waals surface area contributed by atoms with Gasteiger partial charge in [0.1, 0.15) is 4.88 Å². The number of benzene rings is 1. The first-order valence-electron chi connectivity index (χ1n) is 7.26. The summed E-state index contributed by atoms with van der Waals surface area (Å²) in [5, 5.41) is 4.42. The van der Waals surface area contributed by atoms with Crippen molar-refractivity contribution in [2.45, 2.75) is 19.8 Å². The Balaban J connectivity index is 2.02. The largest absolute Gasteiger partial charge is 0.465 e. The average molecular weight is 329 g/mol. The lowest BCUT2D eigenvalue weighted by Crippen LogP contribution is -2.10. The van der Waals surface area contributed by atoms with E-state index >= 15 is 0 Å². The second kappa shape index (κ2) is 7.74. The zero-order valence-electron chi connectivity index (χ0n) is 13.3. The van der Waals surface area contributed by atoms with Crippen molar-refractivity contribution in [3.05, 3.63) is 57.8 Å². The summed E-state index contributed by atoms with van der Waals surface area (Å²) < 4.78 is 4.68. The topological polar surface area (TPSA) is 55.4 Å². The number of ether oxygens (including phenoxy) is 1. The molecule has 0 saturated heterocycles. The first-order valence-corrected chi connectivity index (χ1v) is 8.14. The second-order valence-corrected chi connectivity index (χ2v) is 6.22. The molecule has 0 aliphatic heterocycles. The molecule has 0 radical (unpaired) electrons. The van der Waals surface area contributed by atoms with Crippen LogP contribution in [0.2, 0.25) is 0 Å². The Morgan fingerprint density at radius 2 is 1.87 bits per heavy atom. The van der Waals surface area contributed by atoms with E-state index in [-0.39, 0.29) is 5.91 Å². The van der Waals surface area contributed by atoms with Gasteiger partial charge in [0.25, 0.3) is 0 Å². The maximum Gasteiger partial charge on any atom is 0.350 e. The van der Waals surface area contributed by atoms with Crippen molar-refractivity contribution < 1.29 is 14.3 Å². The van der Waals surface area contributed by atoms with Crippen LogP contribution >= 0.6 is 11.3 Å². The summed E-state index contributed by atoms with van der Waals surface area (Å²) in [6.45, 7) is 4.27. The van der Waals surface area contributed by atoms with Gasteiger partial charge in [0.05, 0.1) is 12.8 Å². The Kier molecular flexibility index (Phi) is 5.71. The molecule has 0 saturated carbocycles. The van der Waals surface area contributed by atoms with Crippen LogP contribution in [0.4, 0.5) is 5.69 Å². The molecule has 0 bridgehead atoms. The Morgan fingerprint density at radius 3 is 2.48 bits per heavy atom. The summed E-state index contributed by atoms with van der Waals surface area (Å²) in [5.74, 6) is -0.267. The van der Waals surface area contributed by atoms with Crippen molar-refractivity contribution in [2.75, 3.05) is 12.4 Å². The van der Waals surface area contributed by atoms with Gasteiger partial charge in [-0.1, -0.05) is 38.1 Å². The van der Waals surface area contributed by atoms with Crippen molar-refractivity contribution in [1.29, 1.82) is 0 Å². The quantitative estimate of drug-likeness (QED) is 0.657. The number of methoxy groups -OCH3 is 1. The molecule has 0 fully saturated rings. The van der Waals surface area contributed by atoms with Gasteiger partial charge < -0.3 is 10.1 Å². The third kappa shape index (κ3) is 4.53. The molecule has 0 atom stereocenters. The molecular weight excluding hydrogens is 310 g/mol. The van der Waals surface area contributed by atoms with E-state index in [2.05, 4.69) is 36.0 Å². The molecule has 5 heteroatoms. The van der Waals surface area contributed by atoms with E-state index in [1.807, 2.05) is 12.1 Å². The minimum Gasteiger partial charge on any atom is -0.465 e. The highest BCUT2D eigenvalue weighted by atomic mass is 32.1. The zero-order valence-corrected chi connectivity index (χ0v) is 14.1. The number of amides is 1. The van der Waals surface area contributed by atoms with E-state index in [0.29, 0.717) is 16.5 Å². The van der Waals surface area contributed by atoms with Crippen LogP contribution in [0, 0.1) is 0 Å². The van der Waals surface area contributed by atoms with Gasteiger partial charge in [0.15, 0.2) is 0 Å². The van der Waals surface area contributed by atoms with Crippen LogP contribution in [0.3, 0.4) is 0 Å². The lowest BCUT2D eigenvalue weighted by atomic mass is 10.0. The highest BCUT2D eigenvalue weighted by Crippen LogP contribution is 2.23. The van der Waals surface area contributed by atoms with E-state index in [9.17, 15) is 9.59 Å². The van der Waals surface area contributed by atoms with E-state index in [1.54, 1.807) is 17.5 Å². The molecule has 0 aliphatic carbocycles. The number of esters is 1. The lowest BCUT2D eigenvalue weighted by Gasteiger charge is -2.05. The van der Waals surface area contributed by atoms with E-state index in [4.69, 9.17) is 0 Å². The minimum atomic E-state index is -0.455. The number of rotatable bonds is 5. The average Bonchev–Trinajstić information content (AvgIpc) is 3.00. The molecule has 4 nitrogen and oxygen atoms in total. The molecule has 0 spiro atoms. The smallest absolute Gasteiger partial charge is 0.350 e. The second-order valence-electron chi connectivity index (χ2n) is 5.30. The van der Waals surface area contributed by atoms with Crippen molar-refractivity contribution in [3.8, 4) is 0 Å². The maximum absolute atomic E-state index is 12.0. The normalized spacial score (nSPS) is 11.0. The van der Waals surface area contributed by atoms with Crippen molar-refractivity contribution in [2.24, 2.45) is 0 Å². The van der Waals surface area contributed by atoms with Gasteiger partial charge >= 0.3 is 5.97 Å². The number of anilines is 1. The number of carbonyl (C=O) groups excluding carboxylic acids is 2. The highest BCUT2D eigenvalue weighted by Gasteiger charge is 2.14. The fourth-order valence-corrected chi connectivity index (χ4v) is 2.76. The zero-order chi connectivity index (χ0) is 16.8. The molecule has 2 aromatic rings. The predicted molar refractivity (Wildman–Crippen MR) is 93.9 cm³/mol. The lowest BCUT2D eigenvalue weighted by molar-refractivity contribution is -0.111. The monoisotopic (exact) mass is 329 g/mol. The van der Waals surface area contributed by atoms with Gasteiger partial charge in [0.2, 0.25) is 5.91 Å². The Labute approximate surface area is 139 Å². The molecule has 1 aromatic heterocycles. The number of nitrogens with one attached hydrogen (secondary N) is 1. The molecule has 2 rings (SSSR count). The summed E-state index contributed by atoms with van der Waals surface area (Å²) in [4.78, 5) is 23.9. The molecule has 1 N–H and O–H groups in total. The van der Waals surface area contributed by atoms with Gasteiger partial charge in [-0.05, 0) is 34.6 Å². The first-order chi connectivity index (χ1) is 11.0. The van der Waals surface area contributed by atoms with Gasteiger partial charge in [-0.25, -0.2) is 4.79 Å². The third-order valence-electron chi connectivity index (χ3n) is 3.32. The van der Waals surface area contributed by atoms with Gasteiger partial charge in [0, 0.05) is 6.08 Å². The summed E-state index contributed by atoms with van der Waals surface area (Å²) in [7, 11) is 1.31. The van der Waals surface area contributed by atoms with Gasteiger partial charge in [-0.3, -0.25) is 4.79 Å². The number of thiophene rings is 1. The summed E-state index contributed by atoms with van der Waals surface area (Å²) in [6.07, 6.45) is 3.19. The van der Waals surface area contributed by atoms with Crippen LogP contribution in [0.1, 0.15) is 40.6 Å². The molecule has 0 aliphatic rings. The van der Waals surface area contributed by atoms with Crippen LogP contribution in [-0.2, 0) is 9.53 Å². The van der Waals surface area contributed by atoms with Crippen LogP contribution in [0.5, 0.6) is 0 Å². The fourth-order valence-electron chi connectivity index (χ4n) is 2.00. The van der Waals surface area contributed by atoms with Crippen molar-refractivity contribution in [1.82, 2.24) is 0 Å². The molecule has 1 aromatic carbocycles. The van der Waals surface area contributed by atoms with Crippen LogP contribution in [0.25, 0.3) is 6.08 Å². The highest BCUT2D eigenvalue weighted by molar-refractivity contribution is 7.12. The third-order valence-corrected chi connectivity index (χ3v) is 4.22. The van der Waals surface area contributed by atoms with Gasteiger partial charge in [-0.15, -0.1) is 11.3 Å². The molecule has 23 heavy (non-hydrogen) atoms. The first kappa shape index (κ1) is 17.0. The molecular formula is C18H19NO3S. The predicted octanol–water partition coefficient (Wildman–Crippen LogP) is 4.31. The number of hydrogen-bond donors (Lipinski definition) is 1. The van der Waals surface area contributed by atoms with Crippen LogP contribution in [0.15, 0.2) is 41.8 Å². The summed E-state index contributed by atoms with van der Waals surface area (Å²) >= 11 is 1.23. The van der Waals surface area contributed by atoms with Crippen LogP contribution < -0.4 is 5.32 Å². The van der Waals surface area contributed by atoms with Crippen LogP contribution in [-0.4, -0.2) is 19.0 Å². The number of carbonyl (C=O) groups is 2. The van der Waals surface area contributed by atoms with E-state index < -0.39 is 5.97 Å². The minimum absolute atomic E-state index is 0.290. The standard InChI is InChI=1S/C18H19NO3S/c1-12(2)14-7-4-13(5-8-14)6-9-16(20)19-15-10-11-23-17(15)18(21)22-3/h4-12H,1-3H3,(H,19,20). The molecule has 120 valence electrons. The Hall–Kier alpha value is -2.40. The molecule has 1 amide bonds. The summed E-state index contributed by atoms with van der Waals surface area (Å²) in [5.41, 5.74) is 2.67. The number of hydrogen-bond acceptors (Lipinski definition) is 4. The van der Waals surface area contributed by atoms with E-state index in [1.165, 1.54) is 30.1 Å². The van der Waals surface area contributed by atoms with Crippen molar-refractivity contribution in [3.63, 3.8) is 0 Å². The molecule has 0 unspecified atom stereocenters. The maximum atomic E-state index is 12.0. The Bertz CT molecular complexity index is 714.